The summed E-state index contributed by atoms with van der Waals surface area (Å²) in [5.41, 5.74) is -0.218. The number of hydrogen-bond acceptors (Lipinski definition) is 2. The fourth-order valence-corrected chi connectivity index (χ4v) is 1.62. The number of halogens is 4. The maximum atomic E-state index is 12.7. The summed E-state index contributed by atoms with van der Waals surface area (Å²) in [6.45, 7) is 3.45. The van der Waals surface area contributed by atoms with Gasteiger partial charge in [-0.15, -0.1) is 0 Å². The molecule has 0 saturated carbocycles. The molecule has 0 bridgehead atoms. The van der Waals surface area contributed by atoms with Crippen LogP contribution in [0.4, 0.5) is 8.78 Å². The maximum Gasteiger partial charge on any atom is 0.386 e. The summed E-state index contributed by atoms with van der Waals surface area (Å²) < 4.78 is 26.7. The van der Waals surface area contributed by atoms with E-state index in [1.165, 1.54) is 10.9 Å². The number of aromatic nitrogens is 2. The molecule has 1 aromatic heterocycles. The van der Waals surface area contributed by atoms with Crippen LogP contribution in [0.25, 0.3) is 0 Å². The van der Waals surface area contributed by atoms with Crippen molar-refractivity contribution in [2.45, 2.75) is 25.3 Å². The van der Waals surface area contributed by atoms with E-state index in [9.17, 15) is 13.6 Å². The van der Waals surface area contributed by atoms with Gasteiger partial charge in [0, 0.05) is 6.04 Å². The number of rotatable bonds is 3. The number of Topliss-reactive ketones (excluding diaryl/α,β-unsaturated/α-hetero) is 1. The fourth-order valence-electron chi connectivity index (χ4n) is 1.08. The van der Waals surface area contributed by atoms with Crippen LogP contribution in [0.15, 0.2) is 10.7 Å². The normalized spacial score (nSPS) is 12.2. The van der Waals surface area contributed by atoms with Gasteiger partial charge in [-0.1, -0.05) is 0 Å². The van der Waals surface area contributed by atoms with Crippen LogP contribution in [0, 0.1) is 0 Å². The van der Waals surface area contributed by atoms with E-state index in [0.29, 0.717) is 0 Å². The average molecular weight is 302 g/mol. The van der Waals surface area contributed by atoms with E-state index in [1.807, 2.05) is 0 Å². The van der Waals surface area contributed by atoms with Gasteiger partial charge in [-0.3, -0.25) is 9.48 Å². The zero-order valence-corrected chi connectivity index (χ0v) is 10.3. The van der Waals surface area contributed by atoms with E-state index in [2.05, 4.69) is 32.6 Å². The second-order valence-corrected chi connectivity index (χ2v) is 4.54. The van der Waals surface area contributed by atoms with Crippen LogP contribution < -0.4 is 0 Å². The van der Waals surface area contributed by atoms with E-state index < -0.39 is 11.2 Å². The highest BCUT2D eigenvalue weighted by Gasteiger charge is 2.40. The molecule has 3 nitrogen and oxygen atoms in total. The first-order valence-corrected chi connectivity index (χ1v) is 5.26. The van der Waals surface area contributed by atoms with Crippen molar-refractivity contribution >= 4 is 33.3 Å². The lowest BCUT2D eigenvalue weighted by Crippen LogP contribution is -2.25. The molecule has 0 fully saturated rings. The summed E-state index contributed by atoms with van der Waals surface area (Å²) in [4.78, 5) is 11.3. The molecule has 0 atom stereocenters. The molecule has 0 aliphatic rings. The summed E-state index contributed by atoms with van der Waals surface area (Å²) in [5.74, 6) is -1.46. The van der Waals surface area contributed by atoms with Gasteiger partial charge in [-0.2, -0.15) is 13.9 Å². The Morgan fingerprint density at radius 1 is 1.67 bits per heavy atom. The quantitative estimate of drug-likeness (QED) is 0.634. The molecule has 1 aromatic rings. The summed E-state index contributed by atoms with van der Waals surface area (Å²) in [6, 6.07) is -0.200. The molecule has 84 valence electrons. The first-order chi connectivity index (χ1) is 6.75. The third-order valence-electron chi connectivity index (χ3n) is 1.71. The van der Waals surface area contributed by atoms with Gasteiger partial charge in [0.2, 0.25) is 0 Å². The Morgan fingerprint density at radius 2 is 2.20 bits per heavy atom. The fraction of sp³-hybridized carbons (Fsp3) is 0.500. The van der Waals surface area contributed by atoms with E-state index in [0.717, 1.165) is 0 Å². The number of nitrogens with zero attached hydrogens (tertiary/aromatic N) is 2. The Hall–Kier alpha value is -0.490. The second-order valence-electron chi connectivity index (χ2n) is 3.21. The van der Waals surface area contributed by atoms with Gasteiger partial charge in [0.1, 0.15) is 5.69 Å². The lowest BCUT2D eigenvalue weighted by Gasteiger charge is -2.12. The Labute approximate surface area is 98.5 Å². The molecule has 0 radical (unpaired) electrons. The Morgan fingerprint density at radius 3 is 2.60 bits per heavy atom. The van der Waals surface area contributed by atoms with E-state index in [-0.39, 0.29) is 16.2 Å². The summed E-state index contributed by atoms with van der Waals surface area (Å²) in [5, 5.41) is -0.101. The molecule has 0 aromatic carbocycles. The van der Waals surface area contributed by atoms with Gasteiger partial charge in [-0.25, -0.2) is 0 Å². The van der Waals surface area contributed by atoms with Crippen LogP contribution in [0.1, 0.15) is 30.4 Å². The van der Waals surface area contributed by atoms with Crippen LogP contribution in [0.5, 0.6) is 0 Å². The molecule has 1 heterocycles. The van der Waals surface area contributed by atoms with Gasteiger partial charge in [0.05, 0.1) is 10.7 Å². The van der Waals surface area contributed by atoms with Crippen molar-refractivity contribution in [2.75, 3.05) is 0 Å². The molecule has 0 N–H and O–H groups in total. The minimum Gasteiger partial charge on any atom is -0.284 e. The van der Waals surface area contributed by atoms with Crippen molar-refractivity contribution in [1.29, 1.82) is 0 Å². The minimum absolute atomic E-state index is 0.200. The van der Waals surface area contributed by atoms with Crippen LogP contribution >= 0.6 is 27.5 Å². The molecule has 1 rings (SSSR count). The van der Waals surface area contributed by atoms with Crippen LogP contribution in [-0.4, -0.2) is 20.9 Å². The van der Waals surface area contributed by atoms with Gasteiger partial charge in [0.15, 0.2) is 0 Å². The monoisotopic (exact) mass is 300 g/mol. The number of carbonyl (C=O) groups is 1. The SMILES string of the molecule is CC(C)n1ncc(Br)c1C(=O)C(F)(F)Cl. The zero-order valence-electron chi connectivity index (χ0n) is 7.97. The number of ketones is 1. The third kappa shape index (κ3) is 2.55. The Bertz CT molecular complexity index is 386. The first kappa shape index (κ1) is 12.6. The Kier molecular flexibility index (Phi) is 3.50. The maximum absolute atomic E-state index is 12.7. The highest BCUT2D eigenvalue weighted by Crippen LogP contribution is 2.29. The molecule has 15 heavy (non-hydrogen) atoms. The van der Waals surface area contributed by atoms with Crippen molar-refractivity contribution in [3.05, 3.63) is 16.4 Å². The number of alkyl halides is 3. The average Bonchev–Trinajstić information content (AvgIpc) is 2.44. The van der Waals surface area contributed by atoms with Gasteiger partial charge < -0.3 is 0 Å². The van der Waals surface area contributed by atoms with Crippen molar-refractivity contribution in [3.8, 4) is 0 Å². The summed E-state index contributed by atoms with van der Waals surface area (Å²) in [6.07, 6.45) is 1.29. The number of carbonyl (C=O) groups excluding carboxylic acids is 1. The molecule has 0 saturated heterocycles. The second kappa shape index (κ2) is 4.17. The first-order valence-electron chi connectivity index (χ1n) is 4.09. The zero-order chi connectivity index (χ0) is 11.8. The predicted octanol–water partition coefficient (Wildman–Crippen LogP) is 3.24. The molecular formula is C8H8BrClF2N2O. The third-order valence-corrected chi connectivity index (χ3v) is 2.46. The molecular weight excluding hydrogens is 293 g/mol. The smallest absolute Gasteiger partial charge is 0.284 e. The van der Waals surface area contributed by atoms with Crippen LogP contribution in [0.2, 0.25) is 0 Å². The molecule has 0 unspecified atom stereocenters. The van der Waals surface area contributed by atoms with E-state index in [4.69, 9.17) is 0 Å². The predicted molar refractivity (Wildman–Crippen MR) is 55.4 cm³/mol. The molecule has 7 heteroatoms. The molecule has 0 amide bonds. The summed E-state index contributed by atoms with van der Waals surface area (Å²) >= 11 is 7.66. The highest BCUT2D eigenvalue weighted by molar-refractivity contribution is 9.10. The van der Waals surface area contributed by atoms with E-state index in [1.54, 1.807) is 13.8 Å². The van der Waals surface area contributed by atoms with Crippen molar-refractivity contribution in [1.82, 2.24) is 9.78 Å². The van der Waals surface area contributed by atoms with Gasteiger partial charge >= 0.3 is 5.38 Å². The number of hydrogen-bond donors (Lipinski definition) is 0. The minimum atomic E-state index is -3.91. The van der Waals surface area contributed by atoms with Crippen molar-refractivity contribution in [3.63, 3.8) is 0 Å². The van der Waals surface area contributed by atoms with Gasteiger partial charge in [-0.05, 0) is 41.4 Å². The standard InChI is InChI=1S/C8H8BrClF2N2O/c1-4(2)14-6(5(9)3-13-14)7(15)8(10,11)12/h3-4H,1-2H3. The highest BCUT2D eigenvalue weighted by atomic mass is 79.9. The lowest BCUT2D eigenvalue weighted by atomic mass is 10.2. The Balaban J connectivity index is 3.24. The molecule has 0 aliphatic carbocycles. The summed E-state index contributed by atoms with van der Waals surface area (Å²) in [7, 11) is 0. The lowest BCUT2D eigenvalue weighted by molar-refractivity contribution is 0.0521. The van der Waals surface area contributed by atoms with E-state index >= 15 is 0 Å². The van der Waals surface area contributed by atoms with Gasteiger partial charge in [0.25, 0.3) is 5.78 Å². The van der Waals surface area contributed by atoms with Crippen LogP contribution in [-0.2, 0) is 0 Å². The molecule has 0 aliphatic heterocycles. The topological polar surface area (TPSA) is 34.9 Å². The van der Waals surface area contributed by atoms with Crippen molar-refractivity contribution in [2.24, 2.45) is 0 Å². The largest absolute Gasteiger partial charge is 0.386 e. The molecule has 0 spiro atoms. The van der Waals surface area contributed by atoms with Crippen molar-refractivity contribution < 1.29 is 13.6 Å². The van der Waals surface area contributed by atoms with Crippen LogP contribution in [0.3, 0.4) is 0 Å².